The van der Waals surface area contributed by atoms with Crippen molar-refractivity contribution in [2.24, 2.45) is 0 Å². The molecule has 1 aliphatic rings. The second-order valence-electron chi connectivity index (χ2n) is 9.72. The number of hydrogen-bond donors (Lipinski definition) is 1. The largest absolute Gasteiger partial charge is 0.492 e. The quantitative estimate of drug-likeness (QED) is 0.197. The van der Waals surface area contributed by atoms with E-state index in [4.69, 9.17) is 9.47 Å². The van der Waals surface area contributed by atoms with Gasteiger partial charge in [-0.15, -0.1) is 0 Å². The number of anilines is 2. The molecule has 1 aliphatic heterocycles. The van der Waals surface area contributed by atoms with E-state index in [9.17, 15) is 4.39 Å². The molecule has 0 spiro atoms. The summed E-state index contributed by atoms with van der Waals surface area (Å²) in [4.78, 5) is 13.8. The van der Waals surface area contributed by atoms with E-state index >= 15 is 0 Å². The number of fused-ring (bicyclic) bond motifs is 1. The molecule has 7 nitrogen and oxygen atoms in total. The lowest BCUT2D eigenvalue weighted by atomic mass is 10.0. The number of piperazine rings is 1. The Morgan fingerprint density at radius 1 is 1.13 bits per heavy atom. The molecule has 0 atom stereocenters. The monoisotopic (exact) mass is 631 g/mol. The molecule has 3 aromatic rings. The van der Waals surface area contributed by atoms with E-state index in [0.717, 1.165) is 61.5 Å². The van der Waals surface area contributed by atoms with E-state index in [1.54, 1.807) is 13.2 Å². The zero-order valence-corrected chi connectivity index (χ0v) is 24.6. The summed E-state index contributed by atoms with van der Waals surface area (Å²) in [6, 6.07) is 8.90. The second kappa shape index (κ2) is 13.0. The molecule has 0 radical (unpaired) electrons. The van der Waals surface area contributed by atoms with Crippen LogP contribution in [0.5, 0.6) is 5.75 Å². The molecular weight excluding hydrogens is 596 g/mol. The van der Waals surface area contributed by atoms with Gasteiger partial charge in [-0.3, -0.25) is 9.80 Å². The van der Waals surface area contributed by atoms with Crippen LogP contribution in [0.15, 0.2) is 36.7 Å². The number of halogens is 2. The minimum Gasteiger partial charge on any atom is -0.492 e. The van der Waals surface area contributed by atoms with E-state index in [-0.39, 0.29) is 11.4 Å². The standard InChI is InChI=1S/C29H35FIN5O2/c1-5-38-27-18-26-24(28(33-20-32-26)34-23-6-7-25(30)22(16-23)19-31)17-21(27)8-9-29(2,3)36-12-10-35(11-13-36)14-15-37-4/h6-7,16-18,20H,5,10-15,19H2,1-4H3,(H,32,33,34). The molecule has 0 bridgehead atoms. The van der Waals surface area contributed by atoms with Gasteiger partial charge in [-0.05, 0) is 50.6 Å². The first-order valence-corrected chi connectivity index (χ1v) is 14.4. The van der Waals surface area contributed by atoms with Crippen LogP contribution in [0.25, 0.3) is 10.9 Å². The van der Waals surface area contributed by atoms with Gasteiger partial charge in [0.2, 0.25) is 0 Å². The SMILES string of the molecule is CCOc1cc2ncnc(Nc3ccc(F)c(CI)c3)c2cc1C#CC(C)(C)N1CCN(CCOC)CC1. The fourth-order valence-electron chi connectivity index (χ4n) is 4.50. The minimum atomic E-state index is -0.302. The van der Waals surface area contributed by atoms with E-state index in [1.807, 2.05) is 25.1 Å². The van der Waals surface area contributed by atoms with E-state index < -0.39 is 0 Å². The van der Waals surface area contributed by atoms with Crippen molar-refractivity contribution in [2.75, 3.05) is 58.4 Å². The van der Waals surface area contributed by atoms with Crippen LogP contribution in [0, 0.1) is 17.7 Å². The van der Waals surface area contributed by atoms with Gasteiger partial charge in [0.05, 0.1) is 29.8 Å². The van der Waals surface area contributed by atoms with Crippen molar-refractivity contribution in [3.05, 3.63) is 53.6 Å². The number of hydrogen-bond acceptors (Lipinski definition) is 7. The Morgan fingerprint density at radius 2 is 1.92 bits per heavy atom. The van der Waals surface area contributed by atoms with Crippen molar-refractivity contribution in [2.45, 2.75) is 30.7 Å². The molecule has 4 rings (SSSR count). The molecule has 0 unspecified atom stereocenters. The number of benzene rings is 2. The van der Waals surface area contributed by atoms with Gasteiger partial charge >= 0.3 is 0 Å². The zero-order valence-electron chi connectivity index (χ0n) is 22.5. The number of ether oxygens (including phenoxy) is 2. The average Bonchev–Trinajstić information content (AvgIpc) is 2.92. The molecule has 0 saturated carbocycles. The second-order valence-corrected chi connectivity index (χ2v) is 10.5. The number of nitrogens with one attached hydrogen (secondary N) is 1. The smallest absolute Gasteiger partial charge is 0.141 e. The molecule has 1 N–H and O–H groups in total. The Bertz CT molecular complexity index is 1320. The Labute approximate surface area is 238 Å². The molecule has 2 aromatic carbocycles. The van der Waals surface area contributed by atoms with Crippen molar-refractivity contribution in [3.8, 4) is 17.6 Å². The van der Waals surface area contributed by atoms with Gasteiger partial charge < -0.3 is 14.8 Å². The third-order valence-corrected chi connectivity index (χ3v) is 7.59. The first kappa shape index (κ1) is 28.5. The molecule has 0 amide bonds. The van der Waals surface area contributed by atoms with Crippen molar-refractivity contribution >= 4 is 45.0 Å². The van der Waals surface area contributed by atoms with Gasteiger partial charge in [0, 0.05) is 61.4 Å². The lowest BCUT2D eigenvalue weighted by molar-refractivity contribution is 0.0638. The number of nitrogens with zero attached hydrogens (tertiary/aromatic N) is 4. The maximum atomic E-state index is 14.0. The fourth-order valence-corrected chi connectivity index (χ4v) is 5.08. The molecule has 202 valence electrons. The van der Waals surface area contributed by atoms with Crippen LogP contribution >= 0.6 is 22.6 Å². The van der Waals surface area contributed by atoms with Crippen molar-refractivity contribution in [3.63, 3.8) is 0 Å². The van der Waals surface area contributed by atoms with Crippen molar-refractivity contribution in [1.82, 2.24) is 19.8 Å². The van der Waals surface area contributed by atoms with Crippen molar-refractivity contribution < 1.29 is 13.9 Å². The van der Waals surface area contributed by atoms with Crippen LogP contribution in [0.3, 0.4) is 0 Å². The molecule has 1 aromatic heterocycles. The molecular formula is C29H35FIN5O2. The van der Waals surface area contributed by atoms with Crippen LogP contribution in [-0.2, 0) is 9.16 Å². The van der Waals surface area contributed by atoms with Gasteiger partial charge in [-0.2, -0.15) is 0 Å². The van der Waals surface area contributed by atoms with Crippen LogP contribution < -0.4 is 10.1 Å². The minimum absolute atomic E-state index is 0.213. The third-order valence-electron chi connectivity index (χ3n) is 6.77. The molecule has 38 heavy (non-hydrogen) atoms. The molecule has 1 fully saturated rings. The maximum Gasteiger partial charge on any atom is 0.141 e. The Hall–Kier alpha value is -2.52. The summed E-state index contributed by atoms with van der Waals surface area (Å²) in [7, 11) is 1.74. The van der Waals surface area contributed by atoms with E-state index in [2.05, 4.69) is 73.4 Å². The Balaban J connectivity index is 1.62. The van der Waals surface area contributed by atoms with Gasteiger partial charge in [0.1, 0.15) is 23.7 Å². The summed E-state index contributed by atoms with van der Waals surface area (Å²) >= 11 is 2.16. The Morgan fingerprint density at radius 3 is 2.63 bits per heavy atom. The van der Waals surface area contributed by atoms with E-state index in [1.165, 1.54) is 12.4 Å². The summed E-state index contributed by atoms with van der Waals surface area (Å²) < 4.78 is 25.8. The summed E-state index contributed by atoms with van der Waals surface area (Å²) in [5.74, 6) is 8.04. The molecule has 0 aliphatic carbocycles. The van der Waals surface area contributed by atoms with Crippen molar-refractivity contribution in [1.29, 1.82) is 0 Å². The number of alkyl halides is 1. The van der Waals surface area contributed by atoms with Gasteiger partial charge in [0.15, 0.2) is 0 Å². The lowest BCUT2D eigenvalue weighted by Crippen LogP contribution is -2.54. The zero-order chi connectivity index (χ0) is 27.1. The third kappa shape index (κ3) is 6.91. The predicted molar refractivity (Wildman–Crippen MR) is 159 cm³/mol. The number of methoxy groups -OCH3 is 1. The summed E-state index contributed by atoms with van der Waals surface area (Å²) in [5.41, 5.74) is 2.64. The maximum absolute atomic E-state index is 14.0. The lowest BCUT2D eigenvalue weighted by Gasteiger charge is -2.41. The summed E-state index contributed by atoms with van der Waals surface area (Å²) in [5, 5.41) is 4.16. The summed E-state index contributed by atoms with van der Waals surface area (Å²) in [6.07, 6.45) is 1.52. The first-order valence-electron chi connectivity index (χ1n) is 12.9. The van der Waals surface area contributed by atoms with Gasteiger partial charge in [-0.25, -0.2) is 14.4 Å². The number of aromatic nitrogens is 2. The average molecular weight is 632 g/mol. The molecule has 2 heterocycles. The normalized spacial score (nSPS) is 14.8. The molecule has 1 saturated heterocycles. The fraction of sp³-hybridized carbons (Fsp3) is 0.448. The Kier molecular flexibility index (Phi) is 9.76. The van der Waals surface area contributed by atoms with Gasteiger partial charge in [-0.1, -0.05) is 34.4 Å². The highest BCUT2D eigenvalue weighted by Crippen LogP contribution is 2.30. The van der Waals surface area contributed by atoms with Crippen LogP contribution in [0.1, 0.15) is 31.9 Å². The highest BCUT2D eigenvalue weighted by molar-refractivity contribution is 14.1. The van der Waals surface area contributed by atoms with Crippen LogP contribution in [-0.4, -0.2) is 78.4 Å². The topological polar surface area (TPSA) is 62.8 Å². The van der Waals surface area contributed by atoms with Crippen LogP contribution in [0.4, 0.5) is 15.9 Å². The summed E-state index contributed by atoms with van der Waals surface area (Å²) in [6.45, 7) is 12.5. The van der Waals surface area contributed by atoms with E-state index in [0.29, 0.717) is 28.2 Å². The van der Waals surface area contributed by atoms with Gasteiger partial charge in [0.25, 0.3) is 0 Å². The first-order chi connectivity index (χ1) is 18.3. The number of rotatable bonds is 9. The highest BCUT2D eigenvalue weighted by atomic mass is 127. The van der Waals surface area contributed by atoms with Crippen LogP contribution in [0.2, 0.25) is 0 Å². The highest BCUT2D eigenvalue weighted by Gasteiger charge is 2.28. The predicted octanol–water partition coefficient (Wildman–Crippen LogP) is 5.24. The molecule has 9 heteroatoms.